The summed E-state index contributed by atoms with van der Waals surface area (Å²) in [7, 11) is 1.73. The summed E-state index contributed by atoms with van der Waals surface area (Å²) in [6, 6.07) is 6.92. The van der Waals surface area contributed by atoms with Gasteiger partial charge in [0.15, 0.2) is 0 Å². The van der Waals surface area contributed by atoms with Gasteiger partial charge in [-0.2, -0.15) is 0 Å². The third kappa shape index (κ3) is 3.48. The first-order valence-electron chi connectivity index (χ1n) is 7.27. The van der Waals surface area contributed by atoms with Gasteiger partial charge in [0.05, 0.1) is 6.10 Å². The van der Waals surface area contributed by atoms with E-state index in [9.17, 15) is 0 Å². The molecule has 2 unspecified atom stereocenters. The molecule has 1 aromatic rings. The van der Waals surface area contributed by atoms with Crippen molar-refractivity contribution in [2.24, 2.45) is 0 Å². The van der Waals surface area contributed by atoms with Gasteiger partial charge in [-0.25, -0.2) is 0 Å². The summed E-state index contributed by atoms with van der Waals surface area (Å²) in [5.74, 6) is 1.06. The van der Waals surface area contributed by atoms with Crippen LogP contribution in [-0.4, -0.2) is 26.4 Å². The van der Waals surface area contributed by atoms with Gasteiger partial charge in [0.25, 0.3) is 0 Å². The summed E-state index contributed by atoms with van der Waals surface area (Å²) in [6.07, 6.45) is 3.41. The van der Waals surface area contributed by atoms with Gasteiger partial charge in [-0.1, -0.05) is 19.1 Å². The zero-order valence-electron chi connectivity index (χ0n) is 12.2. The fourth-order valence-electron chi connectivity index (χ4n) is 2.75. The lowest BCUT2D eigenvalue weighted by Gasteiger charge is -2.18. The number of rotatable bonds is 7. The Kier molecular flexibility index (Phi) is 5.23. The number of ether oxygens (including phenoxy) is 2. The number of hydrogen-bond acceptors (Lipinski definition) is 3. The van der Waals surface area contributed by atoms with Crippen LogP contribution in [0.4, 0.5) is 0 Å². The number of fused-ring (bicyclic) bond motifs is 1. The predicted octanol–water partition coefficient (Wildman–Crippen LogP) is 3.09. The quantitative estimate of drug-likeness (QED) is 0.820. The number of benzene rings is 1. The van der Waals surface area contributed by atoms with Crippen molar-refractivity contribution >= 4 is 0 Å². The van der Waals surface area contributed by atoms with E-state index in [1.807, 2.05) is 0 Å². The lowest BCUT2D eigenvalue weighted by atomic mass is 10.1. The second-order valence-electron chi connectivity index (χ2n) is 5.18. The molecule has 19 heavy (non-hydrogen) atoms. The second-order valence-corrected chi connectivity index (χ2v) is 5.18. The fraction of sp³-hybridized carbons (Fsp3) is 0.625. The van der Waals surface area contributed by atoms with Crippen LogP contribution in [-0.2, 0) is 11.2 Å². The van der Waals surface area contributed by atoms with Gasteiger partial charge in [0, 0.05) is 26.2 Å². The van der Waals surface area contributed by atoms with E-state index in [0.29, 0.717) is 6.04 Å². The van der Waals surface area contributed by atoms with Crippen molar-refractivity contribution in [3.8, 4) is 5.75 Å². The minimum Gasteiger partial charge on any atom is -0.490 e. The molecule has 1 aliphatic rings. The maximum Gasteiger partial charge on any atom is 0.123 e. The predicted molar refractivity (Wildman–Crippen MR) is 77.8 cm³/mol. The molecule has 0 amide bonds. The zero-order valence-corrected chi connectivity index (χ0v) is 12.2. The molecule has 0 fully saturated rings. The Labute approximate surface area is 116 Å². The number of nitrogens with one attached hydrogen (secondary N) is 1. The molecule has 106 valence electrons. The van der Waals surface area contributed by atoms with Crippen LogP contribution >= 0.6 is 0 Å². The Morgan fingerprint density at radius 1 is 1.42 bits per heavy atom. The van der Waals surface area contributed by atoms with Crippen molar-refractivity contribution in [3.05, 3.63) is 29.3 Å². The molecule has 0 heterocycles. The molecule has 3 heteroatoms. The third-order valence-electron chi connectivity index (χ3n) is 3.73. The van der Waals surface area contributed by atoms with Crippen LogP contribution in [0, 0.1) is 0 Å². The van der Waals surface area contributed by atoms with E-state index in [1.54, 1.807) is 7.11 Å². The zero-order chi connectivity index (χ0) is 13.7. The van der Waals surface area contributed by atoms with Gasteiger partial charge in [0.2, 0.25) is 0 Å². The molecule has 0 saturated carbocycles. The Morgan fingerprint density at radius 3 is 3.00 bits per heavy atom. The standard InChI is InChI=1S/C16H25NO2/c1-4-17-15-9-8-14-13(15)6-5-7-16(14)19-12(2)10-11-18-3/h5-7,12,15,17H,4,8-11H2,1-3H3. The van der Waals surface area contributed by atoms with E-state index in [0.717, 1.165) is 31.7 Å². The fourth-order valence-corrected chi connectivity index (χ4v) is 2.75. The Balaban J connectivity index is 2.07. The third-order valence-corrected chi connectivity index (χ3v) is 3.73. The van der Waals surface area contributed by atoms with Crippen LogP contribution in [0.15, 0.2) is 18.2 Å². The van der Waals surface area contributed by atoms with E-state index in [-0.39, 0.29) is 6.10 Å². The summed E-state index contributed by atoms with van der Waals surface area (Å²) in [6.45, 7) is 6.02. The molecule has 0 spiro atoms. The van der Waals surface area contributed by atoms with Gasteiger partial charge >= 0.3 is 0 Å². The molecule has 0 aliphatic heterocycles. The average molecular weight is 263 g/mol. The minimum absolute atomic E-state index is 0.199. The highest BCUT2D eigenvalue weighted by Crippen LogP contribution is 2.37. The first-order chi connectivity index (χ1) is 9.26. The highest BCUT2D eigenvalue weighted by molar-refractivity contribution is 5.45. The van der Waals surface area contributed by atoms with Crippen molar-refractivity contribution in [1.29, 1.82) is 0 Å². The van der Waals surface area contributed by atoms with Crippen molar-refractivity contribution in [3.63, 3.8) is 0 Å². The van der Waals surface area contributed by atoms with Crippen LogP contribution in [0.5, 0.6) is 5.75 Å². The average Bonchev–Trinajstić information content (AvgIpc) is 2.81. The molecule has 2 rings (SSSR count). The van der Waals surface area contributed by atoms with Gasteiger partial charge in [-0.05, 0) is 43.5 Å². The number of methoxy groups -OCH3 is 1. The van der Waals surface area contributed by atoms with E-state index in [2.05, 4.69) is 37.4 Å². The smallest absolute Gasteiger partial charge is 0.123 e. The maximum atomic E-state index is 6.08. The lowest BCUT2D eigenvalue weighted by molar-refractivity contribution is 0.134. The normalized spacial score (nSPS) is 19.2. The Bertz CT molecular complexity index is 406. The summed E-state index contributed by atoms with van der Waals surface area (Å²) in [4.78, 5) is 0. The van der Waals surface area contributed by atoms with E-state index >= 15 is 0 Å². The largest absolute Gasteiger partial charge is 0.490 e. The van der Waals surface area contributed by atoms with Crippen LogP contribution in [0.1, 0.15) is 43.9 Å². The molecule has 0 bridgehead atoms. The molecule has 0 radical (unpaired) electrons. The van der Waals surface area contributed by atoms with Crippen molar-refractivity contribution in [1.82, 2.24) is 5.32 Å². The van der Waals surface area contributed by atoms with Gasteiger partial charge in [0.1, 0.15) is 5.75 Å². The summed E-state index contributed by atoms with van der Waals surface area (Å²) in [5.41, 5.74) is 2.80. The van der Waals surface area contributed by atoms with Gasteiger partial charge < -0.3 is 14.8 Å². The van der Waals surface area contributed by atoms with Crippen LogP contribution < -0.4 is 10.1 Å². The van der Waals surface area contributed by atoms with Crippen LogP contribution in [0.25, 0.3) is 0 Å². The van der Waals surface area contributed by atoms with Crippen molar-refractivity contribution in [2.45, 2.75) is 45.3 Å². The van der Waals surface area contributed by atoms with Gasteiger partial charge in [-0.3, -0.25) is 0 Å². The summed E-state index contributed by atoms with van der Waals surface area (Å²) < 4.78 is 11.2. The SMILES string of the molecule is CCNC1CCc2c(OC(C)CCOC)cccc21. The van der Waals surface area contributed by atoms with Crippen molar-refractivity contribution < 1.29 is 9.47 Å². The molecule has 1 aliphatic carbocycles. The topological polar surface area (TPSA) is 30.5 Å². The first kappa shape index (κ1) is 14.4. The van der Waals surface area contributed by atoms with E-state index < -0.39 is 0 Å². The molecule has 0 saturated heterocycles. The molecular formula is C16H25NO2. The molecule has 3 nitrogen and oxygen atoms in total. The molecule has 0 aromatic heterocycles. The highest BCUT2D eigenvalue weighted by atomic mass is 16.5. The van der Waals surface area contributed by atoms with Gasteiger partial charge in [-0.15, -0.1) is 0 Å². The number of hydrogen-bond donors (Lipinski definition) is 1. The lowest BCUT2D eigenvalue weighted by Crippen LogP contribution is -2.18. The molecular weight excluding hydrogens is 238 g/mol. The molecule has 1 N–H and O–H groups in total. The van der Waals surface area contributed by atoms with Crippen LogP contribution in [0.2, 0.25) is 0 Å². The molecule has 2 atom stereocenters. The van der Waals surface area contributed by atoms with E-state index in [1.165, 1.54) is 17.5 Å². The Morgan fingerprint density at radius 2 is 2.26 bits per heavy atom. The second kappa shape index (κ2) is 6.92. The first-order valence-corrected chi connectivity index (χ1v) is 7.27. The summed E-state index contributed by atoms with van der Waals surface area (Å²) in [5, 5.41) is 3.54. The highest BCUT2D eigenvalue weighted by Gasteiger charge is 2.24. The van der Waals surface area contributed by atoms with Crippen molar-refractivity contribution in [2.75, 3.05) is 20.3 Å². The summed E-state index contributed by atoms with van der Waals surface area (Å²) >= 11 is 0. The Hall–Kier alpha value is -1.06. The molecule has 1 aromatic carbocycles. The minimum atomic E-state index is 0.199. The maximum absolute atomic E-state index is 6.08. The van der Waals surface area contributed by atoms with E-state index in [4.69, 9.17) is 9.47 Å². The van der Waals surface area contributed by atoms with Crippen LogP contribution in [0.3, 0.4) is 0 Å². The monoisotopic (exact) mass is 263 g/mol.